The van der Waals surface area contributed by atoms with Gasteiger partial charge in [0.05, 0.1) is 6.54 Å². The van der Waals surface area contributed by atoms with Crippen molar-refractivity contribution in [2.24, 2.45) is 0 Å². The molecule has 0 bridgehead atoms. The monoisotopic (exact) mass is 433 g/mol. The van der Waals surface area contributed by atoms with Gasteiger partial charge in [-0.3, -0.25) is 0 Å². The summed E-state index contributed by atoms with van der Waals surface area (Å²) < 4.78 is 2.22. The Balaban J connectivity index is 1.49. The second-order valence-corrected chi connectivity index (χ2v) is 7.90. The van der Waals surface area contributed by atoms with Crippen molar-refractivity contribution in [2.75, 3.05) is 0 Å². The number of aromatic nitrogens is 5. The molecule has 148 valence electrons. The number of hydrogen-bond donors (Lipinski definition) is 0. The molecule has 30 heavy (non-hydrogen) atoms. The summed E-state index contributed by atoms with van der Waals surface area (Å²) in [6.45, 7) is 1.20. The Labute approximate surface area is 183 Å². The first kappa shape index (κ1) is 18.9. The maximum atomic E-state index is 6.28. The first-order valence-electron chi connectivity index (χ1n) is 9.51. The lowest BCUT2D eigenvalue weighted by atomic mass is 10.2. The summed E-state index contributed by atoms with van der Waals surface area (Å²) in [5.74, 6) is 0.586. The van der Waals surface area contributed by atoms with Gasteiger partial charge in [-0.25, -0.2) is 0 Å². The molecule has 0 aliphatic rings. The normalized spacial score (nSPS) is 11.3. The highest BCUT2D eigenvalue weighted by Gasteiger charge is 2.15. The van der Waals surface area contributed by atoms with E-state index in [1.54, 1.807) is 16.9 Å². The van der Waals surface area contributed by atoms with Crippen molar-refractivity contribution in [1.82, 2.24) is 24.8 Å². The Kier molecular flexibility index (Phi) is 4.99. The Morgan fingerprint density at radius 1 is 0.833 bits per heavy atom. The Bertz CT molecular complexity index is 1320. The molecule has 5 rings (SSSR count). The van der Waals surface area contributed by atoms with Gasteiger partial charge in [-0.1, -0.05) is 77.8 Å². The minimum atomic E-state index is 0.422. The number of halogens is 2. The number of nitrogens with zero attached hydrogens (tertiary/aromatic N) is 5. The molecule has 0 radical (unpaired) electrons. The Morgan fingerprint density at radius 3 is 2.47 bits per heavy atom. The highest BCUT2D eigenvalue weighted by Crippen LogP contribution is 2.29. The van der Waals surface area contributed by atoms with Gasteiger partial charge in [-0.05, 0) is 34.5 Å². The first-order valence-corrected chi connectivity index (χ1v) is 10.3. The zero-order valence-corrected chi connectivity index (χ0v) is 17.4. The molecule has 0 unspecified atom stereocenters. The van der Waals surface area contributed by atoms with E-state index in [4.69, 9.17) is 23.2 Å². The third kappa shape index (κ3) is 3.70. The summed E-state index contributed by atoms with van der Waals surface area (Å²) in [7, 11) is 0. The van der Waals surface area contributed by atoms with Crippen LogP contribution < -0.4 is 0 Å². The van der Waals surface area contributed by atoms with Crippen LogP contribution in [0.1, 0.15) is 11.1 Å². The summed E-state index contributed by atoms with van der Waals surface area (Å²) in [4.78, 5) is 1.55. The predicted octanol–water partition coefficient (Wildman–Crippen LogP) is 5.70. The molecule has 0 fully saturated rings. The molecular formula is C23H17Cl2N5. The van der Waals surface area contributed by atoms with Crippen molar-refractivity contribution < 1.29 is 0 Å². The molecule has 0 amide bonds. The summed E-state index contributed by atoms with van der Waals surface area (Å²) in [5, 5.41) is 15.4. The smallest absolute Gasteiger partial charge is 0.207 e. The van der Waals surface area contributed by atoms with Gasteiger partial charge in [-0.15, -0.1) is 10.2 Å². The van der Waals surface area contributed by atoms with E-state index >= 15 is 0 Å². The SMILES string of the molecule is Clc1ccc(Cn2nnc(-c3cn(Cc4ccccc4)c4ccccc34)n2)c(Cl)c1. The average molecular weight is 434 g/mol. The molecule has 0 aliphatic carbocycles. The molecule has 0 saturated carbocycles. The molecule has 2 aromatic heterocycles. The van der Waals surface area contributed by atoms with Crippen LogP contribution in [0.4, 0.5) is 0 Å². The summed E-state index contributed by atoms with van der Waals surface area (Å²) >= 11 is 12.3. The topological polar surface area (TPSA) is 48.5 Å². The lowest BCUT2D eigenvalue weighted by Crippen LogP contribution is -2.04. The van der Waals surface area contributed by atoms with Crippen molar-refractivity contribution >= 4 is 34.1 Å². The average Bonchev–Trinajstić information content (AvgIpc) is 3.36. The van der Waals surface area contributed by atoms with Gasteiger partial charge in [0.1, 0.15) is 0 Å². The van der Waals surface area contributed by atoms with E-state index in [0.717, 1.165) is 28.6 Å². The van der Waals surface area contributed by atoms with Gasteiger partial charge in [0.2, 0.25) is 5.82 Å². The Hall–Kier alpha value is -3.15. The summed E-state index contributed by atoms with van der Waals surface area (Å²) in [6, 6.07) is 24.0. The highest BCUT2D eigenvalue weighted by atomic mass is 35.5. The molecule has 5 nitrogen and oxygen atoms in total. The molecule has 0 aliphatic heterocycles. The Morgan fingerprint density at radius 2 is 1.63 bits per heavy atom. The minimum Gasteiger partial charge on any atom is -0.342 e. The van der Waals surface area contributed by atoms with Crippen molar-refractivity contribution in [3.8, 4) is 11.4 Å². The molecular weight excluding hydrogens is 417 g/mol. The van der Waals surface area contributed by atoms with Crippen LogP contribution >= 0.6 is 23.2 Å². The fourth-order valence-corrected chi connectivity index (χ4v) is 4.02. The number of hydrogen-bond acceptors (Lipinski definition) is 3. The van der Waals surface area contributed by atoms with E-state index in [1.807, 2.05) is 24.3 Å². The quantitative estimate of drug-likeness (QED) is 0.357. The van der Waals surface area contributed by atoms with Crippen molar-refractivity contribution in [3.63, 3.8) is 0 Å². The largest absolute Gasteiger partial charge is 0.342 e. The molecule has 0 N–H and O–H groups in total. The summed E-state index contributed by atoms with van der Waals surface area (Å²) in [6.07, 6.45) is 2.09. The maximum Gasteiger partial charge on any atom is 0.207 e. The number of benzene rings is 3. The van der Waals surface area contributed by atoms with Gasteiger partial charge >= 0.3 is 0 Å². The molecule has 2 heterocycles. The van der Waals surface area contributed by atoms with Crippen molar-refractivity contribution in [2.45, 2.75) is 13.1 Å². The van der Waals surface area contributed by atoms with Crippen molar-refractivity contribution in [3.05, 3.63) is 100 Å². The van der Waals surface area contributed by atoms with Gasteiger partial charge in [0.15, 0.2) is 0 Å². The van der Waals surface area contributed by atoms with Crippen LogP contribution in [0.5, 0.6) is 0 Å². The predicted molar refractivity (Wildman–Crippen MR) is 120 cm³/mol. The minimum absolute atomic E-state index is 0.422. The van der Waals surface area contributed by atoms with Gasteiger partial charge in [0.25, 0.3) is 0 Å². The molecule has 5 aromatic rings. The molecule has 3 aromatic carbocycles. The second-order valence-electron chi connectivity index (χ2n) is 7.05. The van der Waals surface area contributed by atoms with Crippen LogP contribution in [-0.2, 0) is 13.1 Å². The van der Waals surface area contributed by atoms with Crippen molar-refractivity contribution in [1.29, 1.82) is 0 Å². The lowest BCUT2D eigenvalue weighted by Gasteiger charge is -2.05. The highest BCUT2D eigenvalue weighted by molar-refractivity contribution is 6.35. The standard InChI is InChI=1S/C23H17Cl2N5/c24-18-11-10-17(21(25)12-18)14-30-27-23(26-28-30)20-15-29(13-16-6-2-1-3-7-16)22-9-5-4-8-19(20)22/h1-12,15H,13-14H2. The van der Waals surface area contributed by atoms with E-state index in [9.17, 15) is 0 Å². The molecule has 0 saturated heterocycles. The molecule has 0 spiro atoms. The van der Waals surface area contributed by atoms with E-state index in [-0.39, 0.29) is 0 Å². The van der Waals surface area contributed by atoms with Crippen LogP contribution in [0.3, 0.4) is 0 Å². The number of fused-ring (bicyclic) bond motifs is 1. The van der Waals surface area contributed by atoms with Gasteiger partial charge in [-0.2, -0.15) is 4.80 Å². The van der Waals surface area contributed by atoms with E-state index in [0.29, 0.717) is 22.4 Å². The second kappa shape index (κ2) is 7.94. The number of rotatable bonds is 5. The van der Waals surface area contributed by atoms with Gasteiger partial charge in [0, 0.05) is 39.3 Å². The first-order chi connectivity index (χ1) is 14.7. The zero-order valence-electron chi connectivity index (χ0n) is 15.9. The van der Waals surface area contributed by atoms with E-state index in [2.05, 4.69) is 62.6 Å². The lowest BCUT2D eigenvalue weighted by molar-refractivity contribution is 0.573. The van der Waals surface area contributed by atoms with E-state index < -0.39 is 0 Å². The third-order valence-electron chi connectivity index (χ3n) is 5.00. The number of tetrazole rings is 1. The fourth-order valence-electron chi connectivity index (χ4n) is 3.56. The van der Waals surface area contributed by atoms with Gasteiger partial charge < -0.3 is 4.57 Å². The fraction of sp³-hybridized carbons (Fsp3) is 0.0870. The zero-order chi connectivity index (χ0) is 20.5. The van der Waals surface area contributed by atoms with Crippen LogP contribution in [0.15, 0.2) is 79.0 Å². The van der Waals surface area contributed by atoms with Crippen LogP contribution in [-0.4, -0.2) is 24.8 Å². The van der Waals surface area contributed by atoms with Crippen LogP contribution in [0.25, 0.3) is 22.3 Å². The molecule has 7 heteroatoms. The third-order valence-corrected chi connectivity index (χ3v) is 5.59. The number of para-hydroxylation sites is 1. The summed E-state index contributed by atoms with van der Waals surface area (Å²) in [5.41, 5.74) is 4.21. The van der Waals surface area contributed by atoms with E-state index in [1.165, 1.54) is 5.56 Å². The van der Waals surface area contributed by atoms with Crippen LogP contribution in [0, 0.1) is 0 Å². The molecule has 0 atom stereocenters. The maximum absolute atomic E-state index is 6.28. The van der Waals surface area contributed by atoms with Crippen LogP contribution in [0.2, 0.25) is 10.0 Å².